The molecule has 1 aromatic heterocycles. The van der Waals surface area contributed by atoms with Crippen LogP contribution in [-0.4, -0.2) is 106 Å². The number of carbonyl (C=O) groups is 2. The van der Waals surface area contributed by atoms with E-state index in [-0.39, 0.29) is 25.0 Å². The molecule has 1 saturated heterocycles. The quantitative estimate of drug-likeness (QED) is 0.652. The fraction of sp³-hybridized carbons (Fsp3) is 0.783. The Morgan fingerprint density at radius 2 is 1.94 bits per heavy atom. The maximum atomic E-state index is 13.1. The van der Waals surface area contributed by atoms with E-state index in [4.69, 9.17) is 9.47 Å². The second-order valence-electron chi connectivity index (χ2n) is 9.03. The zero-order valence-electron chi connectivity index (χ0n) is 20.4. The molecule has 0 radical (unpaired) electrons. The standard InChI is InChI=1S/C23H40N4O6/c1-17(2)8-14-33-21-15-27(18(3)28)12-11-26(23(31)19-7-9-24-25(19)4)10-5-6-13-32-16-20(29)22(21)30/h7,9,17,20-22,29-30H,5-6,8,10-16H2,1-4H3/t20-,21-,22-/m1/s1. The summed E-state index contributed by atoms with van der Waals surface area (Å²) in [6.45, 7) is 7.65. The molecule has 1 fully saturated rings. The monoisotopic (exact) mass is 468 g/mol. The van der Waals surface area contributed by atoms with Crippen molar-refractivity contribution in [3.63, 3.8) is 0 Å². The van der Waals surface area contributed by atoms with Crippen LogP contribution in [0.25, 0.3) is 0 Å². The van der Waals surface area contributed by atoms with Crippen LogP contribution < -0.4 is 0 Å². The third-order valence-corrected chi connectivity index (χ3v) is 5.87. The predicted octanol–water partition coefficient (Wildman–Crippen LogP) is 0.674. The zero-order valence-corrected chi connectivity index (χ0v) is 20.4. The molecule has 0 spiro atoms. The van der Waals surface area contributed by atoms with E-state index in [2.05, 4.69) is 18.9 Å². The molecule has 0 bridgehead atoms. The fourth-order valence-corrected chi connectivity index (χ4v) is 3.67. The average Bonchev–Trinajstić information content (AvgIpc) is 3.19. The number of nitrogens with zero attached hydrogens (tertiary/aromatic N) is 4. The van der Waals surface area contributed by atoms with E-state index in [0.29, 0.717) is 57.3 Å². The fourth-order valence-electron chi connectivity index (χ4n) is 3.67. The van der Waals surface area contributed by atoms with Gasteiger partial charge in [0.1, 0.15) is 24.0 Å². The average molecular weight is 469 g/mol. The molecule has 3 atom stereocenters. The van der Waals surface area contributed by atoms with Gasteiger partial charge in [0.15, 0.2) is 0 Å². The SMILES string of the molecule is CC(=O)N1CCN(C(=O)c2ccnn2C)CCCCOC[C@@H](O)[C@@H](O)[C@H](OCCC(C)C)C1. The lowest BCUT2D eigenvalue weighted by molar-refractivity contribution is -0.140. The molecular formula is C23H40N4O6. The summed E-state index contributed by atoms with van der Waals surface area (Å²) in [6, 6.07) is 1.68. The number of hydrogen-bond acceptors (Lipinski definition) is 7. The van der Waals surface area contributed by atoms with E-state index in [1.165, 1.54) is 11.6 Å². The number of carbonyl (C=O) groups excluding carboxylic acids is 2. The molecule has 188 valence electrons. The first-order valence-electron chi connectivity index (χ1n) is 11.8. The van der Waals surface area contributed by atoms with Gasteiger partial charge in [-0.15, -0.1) is 0 Å². The molecule has 2 N–H and O–H groups in total. The molecule has 33 heavy (non-hydrogen) atoms. The molecular weight excluding hydrogens is 428 g/mol. The second kappa shape index (κ2) is 13.6. The lowest BCUT2D eigenvalue weighted by atomic mass is 10.1. The Morgan fingerprint density at radius 3 is 2.58 bits per heavy atom. The molecule has 10 heteroatoms. The minimum Gasteiger partial charge on any atom is -0.388 e. The van der Waals surface area contributed by atoms with Crippen LogP contribution in [0.15, 0.2) is 12.3 Å². The Labute approximate surface area is 196 Å². The van der Waals surface area contributed by atoms with Crippen molar-refractivity contribution in [2.75, 3.05) is 46.0 Å². The van der Waals surface area contributed by atoms with Crippen LogP contribution in [0.3, 0.4) is 0 Å². The first kappa shape index (κ1) is 27.2. The number of aryl methyl sites for hydroxylation is 1. The van der Waals surface area contributed by atoms with Crippen LogP contribution in [-0.2, 0) is 21.3 Å². The lowest BCUT2D eigenvalue weighted by Gasteiger charge is -2.33. The van der Waals surface area contributed by atoms with Gasteiger partial charge in [-0.1, -0.05) is 13.8 Å². The molecule has 1 aliphatic heterocycles. The van der Waals surface area contributed by atoms with Gasteiger partial charge in [-0.3, -0.25) is 14.3 Å². The number of hydrogen-bond donors (Lipinski definition) is 2. The lowest BCUT2D eigenvalue weighted by Crippen LogP contribution is -2.50. The van der Waals surface area contributed by atoms with Crippen molar-refractivity contribution < 1.29 is 29.3 Å². The van der Waals surface area contributed by atoms with Crippen LogP contribution in [0, 0.1) is 5.92 Å². The number of aliphatic hydroxyl groups is 2. The normalized spacial score (nSPS) is 24.0. The van der Waals surface area contributed by atoms with Crippen molar-refractivity contribution >= 4 is 11.8 Å². The Morgan fingerprint density at radius 1 is 1.21 bits per heavy atom. The molecule has 1 aromatic rings. The van der Waals surface area contributed by atoms with Gasteiger partial charge in [0.2, 0.25) is 5.91 Å². The van der Waals surface area contributed by atoms with Gasteiger partial charge < -0.3 is 29.5 Å². The van der Waals surface area contributed by atoms with Crippen LogP contribution in [0.1, 0.15) is 50.5 Å². The highest BCUT2D eigenvalue weighted by Gasteiger charge is 2.31. The van der Waals surface area contributed by atoms with Crippen LogP contribution >= 0.6 is 0 Å². The van der Waals surface area contributed by atoms with Crippen molar-refractivity contribution in [1.29, 1.82) is 0 Å². The second-order valence-corrected chi connectivity index (χ2v) is 9.03. The summed E-state index contributed by atoms with van der Waals surface area (Å²) in [7, 11) is 1.72. The van der Waals surface area contributed by atoms with Crippen molar-refractivity contribution in [3.05, 3.63) is 18.0 Å². The maximum Gasteiger partial charge on any atom is 0.272 e. The van der Waals surface area contributed by atoms with Crippen molar-refractivity contribution in [1.82, 2.24) is 19.6 Å². The summed E-state index contributed by atoms with van der Waals surface area (Å²) < 4.78 is 13.0. The molecule has 0 saturated carbocycles. The van der Waals surface area contributed by atoms with Crippen LogP contribution in [0.5, 0.6) is 0 Å². The zero-order chi connectivity index (χ0) is 24.4. The predicted molar refractivity (Wildman–Crippen MR) is 123 cm³/mol. The van der Waals surface area contributed by atoms with Crippen LogP contribution in [0.4, 0.5) is 0 Å². The van der Waals surface area contributed by atoms with E-state index < -0.39 is 18.3 Å². The Bertz CT molecular complexity index is 740. The Balaban J connectivity index is 2.18. The first-order valence-corrected chi connectivity index (χ1v) is 11.8. The van der Waals surface area contributed by atoms with E-state index in [1.807, 2.05) is 0 Å². The minimum absolute atomic E-state index is 0.0249. The number of rotatable bonds is 5. The molecule has 10 nitrogen and oxygen atoms in total. The van der Waals surface area contributed by atoms with Crippen molar-refractivity contribution in [2.45, 2.75) is 58.3 Å². The topological polar surface area (TPSA) is 117 Å². The highest BCUT2D eigenvalue weighted by Crippen LogP contribution is 2.13. The number of aliphatic hydroxyl groups excluding tert-OH is 2. The maximum absolute atomic E-state index is 13.1. The van der Waals surface area contributed by atoms with E-state index >= 15 is 0 Å². The molecule has 1 aliphatic rings. The molecule has 0 aromatic carbocycles. The molecule has 2 amide bonds. The number of aromatic nitrogens is 2. The molecule has 0 aliphatic carbocycles. The molecule has 0 unspecified atom stereocenters. The van der Waals surface area contributed by atoms with E-state index in [9.17, 15) is 19.8 Å². The van der Waals surface area contributed by atoms with Gasteiger partial charge in [-0.05, 0) is 31.2 Å². The highest BCUT2D eigenvalue weighted by molar-refractivity contribution is 5.92. The van der Waals surface area contributed by atoms with Gasteiger partial charge in [0.05, 0.1) is 6.61 Å². The summed E-state index contributed by atoms with van der Waals surface area (Å²) in [6.07, 6.45) is 0.701. The first-order chi connectivity index (χ1) is 15.7. The smallest absolute Gasteiger partial charge is 0.272 e. The Kier molecular flexibility index (Phi) is 11.3. The summed E-state index contributed by atoms with van der Waals surface area (Å²) in [4.78, 5) is 28.8. The van der Waals surface area contributed by atoms with Crippen molar-refractivity contribution in [2.24, 2.45) is 13.0 Å². The van der Waals surface area contributed by atoms with Crippen molar-refractivity contribution in [3.8, 4) is 0 Å². The van der Waals surface area contributed by atoms with Gasteiger partial charge in [0, 0.05) is 59.6 Å². The largest absolute Gasteiger partial charge is 0.388 e. The summed E-state index contributed by atoms with van der Waals surface area (Å²) >= 11 is 0. The summed E-state index contributed by atoms with van der Waals surface area (Å²) in [5.41, 5.74) is 0.482. The van der Waals surface area contributed by atoms with Gasteiger partial charge in [-0.2, -0.15) is 5.10 Å². The van der Waals surface area contributed by atoms with E-state index in [1.54, 1.807) is 29.1 Å². The third kappa shape index (κ3) is 8.69. The Hall–Kier alpha value is -2.01. The molecule has 2 heterocycles. The summed E-state index contributed by atoms with van der Waals surface area (Å²) in [5, 5.41) is 25.2. The minimum atomic E-state index is -1.20. The summed E-state index contributed by atoms with van der Waals surface area (Å²) in [5.74, 6) is 0.0847. The number of amides is 2. The van der Waals surface area contributed by atoms with E-state index in [0.717, 1.165) is 6.42 Å². The molecule has 2 rings (SSSR count). The van der Waals surface area contributed by atoms with Gasteiger partial charge in [0.25, 0.3) is 5.91 Å². The van der Waals surface area contributed by atoms with Gasteiger partial charge in [-0.25, -0.2) is 0 Å². The third-order valence-electron chi connectivity index (χ3n) is 5.87. The van der Waals surface area contributed by atoms with Gasteiger partial charge >= 0.3 is 0 Å². The highest BCUT2D eigenvalue weighted by atomic mass is 16.5. The number of ether oxygens (including phenoxy) is 2. The van der Waals surface area contributed by atoms with Crippen LogP contribution in [0.2, 0.25) is 0 Å².